The molecule has 24 heavy (non-hydrogen) atoms. The molecule has 144 valence electrons. The van der Waals surface area contributed by atoms with Gasteiger partial charge < -0.3 is 10.2 Å². The molecule has 1 N–H and O–H groups in total. The third kappa shape index (κ3) is 6.69. The van der Waals surface area contributed by atoms with Crippen molar-refractivity contribution >= 4 is 39.8 Å². The van der Waals surface area contributed by atoms with Gasteiger partial charge in [0.2, 0.25) is 0 Å². The Kier molecular flexibility index (Phi) is 10.8. The molecule has 1 aliphatic heterocycles. The van der Waals surface area contributed by atoms with Crippen molar-refractivity contribution in [2.75, 3.05) is 32.4 Å². The van der Waals surface area contributed by atoms with Gasteiger partial charge in [0, 0.05) is 26.7 Å². The Morgan fingerprint density at radius 3 is 2.42 bits per heavy atom. The van der Waals surface area contributed by atoms with Gasteiger partial charge in [-0.15, -0.1) is 24.0 Å². The minimum atomic E-state index is -3.01. The molecule has 1 atom stereocenters. The summed E-state index contributed by atoms with van der Waals surface area (Å²) in [4.78, 5) is 6.46. The first-order valence-corrected chi connectivity index (χ1v) is 10.6. The van der Waals surface area contributed by atoms with E-state index in [0.29, 0.717) is 19.0 Å². The Morgan fingerprint density at radius 1 is 1.25 bits per heavy atom. The van der Waals surface area contributed by atoms with Crippen LogP contribution in [0.5, 0.6) is 0 Å². The molecule has 0 aromatic carbocycles. The molecule has 0 aromatic rings. The second kappa shape index (κ2) is 10.8. The highest BCUT2D eigenvalue weighted by Crippen LogP contribution is 2.23. The van der Waals surface area contributed by atoms with E-state index in [2.05, 4.69) is 29.1 Å². The van der Waals surface area contributed by atoms with E-state index in [0.717, 1.165) is 12.5 Å². The third-order valence-corrected chi connectivity index (χ3v) is 7.30. The lowest BCUT2D eigenvalue weighted by Crippen LogP contribution is -2.57. The monoisotopic (exact) mass is 473 g/mol. The molecule has 0 amide bonds. The van der Waals surface area contributed by atoms with E-state index in [9.17, 15) is 8.42 Å². The van der Waals surface area contributed by atoms with E-state index in [1.54, 1.807) is 7.05 Å². The maximum absolute atomic E-state index is 12.1. The average Bonchev–Trinajstić information content (AvgIpc) is 2.48. The lowest BCUT2D eigenvalue weighted by molar-refractivity contribution is 0.345. The zero-order valence-electron chi connectivity index (χ0n) is 16.0. The van der Waals surface area contributed by atoms with E-state index >= 15 is 0 Å². The molecule has 0 aromatic heterocycles. The quantitative estimate of drug-likeness (QED) is 0.350. The van der Waals surface area contributed by atoms with E-state index in [4.69, 9.17) is 0 Å². The van der Waals surface area contributed by atoms with Crippen LogP contribution >= 0.6 is 24.0 Å². The number of rotatable bonds is 7. The maximum Gasteiger partial charge on any atom is 0.193 e. The lowest BCUT2D eigenvalue weighted by Gasteiger charge is -2.39. The van der Waals surface area contributed by atoms with Gasteiger partial charge in [-0.05, 0) is 32.6 Å². The summed E-state index contributed by atoms with van der Waals surface area (Å²) in [6.07, 6.45) is 6.16. The average molecular weight is 473 g/mol. The van der Waals surface area contributed by atoms with Crippen LogP contribution in [-0.2, 0) is 9.84 Å². The summed E-state index contributed by atoms with van der Waals surface area (Å²) >= 11 is 0. The van der Waals surface area contributed by atoms with Crippen LogP contribution in [0.25, 0.3) is 0 Å². The van der Waals surface area contributed by atoms with Crippen LogP contribution in [0.15, 0.2) is 4.99 Å². The number of halogens is 1. The lowest BCUT2D eigenvalue weighted by atomic mass is 9.97. The standard InChI is InChI=1S/C17H35N3O2S.HI/c1-6-8-10-15(9-7-2)13-19-16(18-5)20-11-12-23(21,22)17(3,4)14-20;/h15H,6-14H2,1-5H3,(H,18,19);1H. The fourth-order valence-electron chi connectivity index (χ4n) is 3.14. The predicted molar refractivity (Wildman–Crippen MR) is 114 cm³/mol. The molecular weight excluding hydrogens is 437 g/mol. The van der Waals surface area contributed by atoms with Crippen LogP contribution in [0.2, 0.25) is 0 Å². The molecule has 1 fully saturated rings. The number of aliphatic imine (C=N–C) groups is 1. The summed E-state index contributed by atoms with van der Waals surface area (Å²) in [7, 11) is -1.23. The summed E-state index contributed by atoms with van der Waals surface area (Å²) in [6, 6.07) is 0. The third-order valence-electron chi connectivity index (χ3n) is 4.77. The Labute approximate surface area is 166 Å². The molecule has 1 saturated heterocycles. The van der Waals surface area contributed by atoms with Crippen molar-refractivity contribution in [2.24, 2.45) is 10.9 Å². The molecule has 0 bridgehead atoms. The van der Waals surface area contributed by atoms with Gasteiger partial charge in [0.15, 0.2) is 15.8 Å². The van der Waals surface area contributed by atoms with Crippen molar-refractivity contribution in [3.63, 3.8) is 0 Å². The zero-order chi connectivity index (χ0) is 17.5. The molecule has 0 radical (unpaired) electrons. The minimum Gasteiger partial charge on any atom is -0.356 e. The van der Waals surface area contributed by atoms with Gasteiger partial charge in [-0.2, -0.15) is 0 Å². The molecule has 1 unspecified atom stereocenters. The summed E-state index contributed by atoms with van der Waals surface area (Å²) in [6.45, 7) is 10.0. The number of nitrogens with one attached hydrogen (secondary N) is 1. The second-order valence-electron chi connectivity index (χ2n) is 7.23. The van der Waals surface area contributed by atoms with E-state index in [-0.39, 0.29) is 29.7 Å². The van der Waals surface area contributed by atoms with Crippen LogP contribution in [0, 0.1) is 5.92 Å². The summed E-state index contributed by atoms with van der Waals surface area (Å²) in [5, 5.41) is 3.48. The highest BCUT2D eigenvalue weighted by molar-refractivity contribution is 14.0. The fraction of sp³-hybridized carbons (Fsp3) is 0.941. The molecule has 1 heterocycles. The SMILES string of the molecule is CCCCC(CCC)CNC(=NC)N1CCS(=O)(=O)C(C)(C)C1.I. The highest BCUT2D eigenvalue weighted by atomic mass is 127. The van der Waals surface area contributed by atoms with Crippen LogP contribution in [0.4, 0.5) is 0 Å². The largest absolute Gasteiger partial charge is 0.356 e. The number of sulfone groups is 1. The summed E-state index contributed by atoms with van der Waals surface area (Å²) in [5.74, 6) is 1.71. The number of nitrogens with zero attached hydrogens (tertiary/aromatic N) is 2. The Bertz CT molecular complexity index is 492. The first kappa shape index (κ1) is 23.9. The fourth-order valence-corrected chi connectivity index (χ4v) is 4.51. The van der Waals surface area contributed by atoms with Crippen LogP contribution < -0.4 is 5.32 Å². The van der Waals surface area contributed by atoms with Crippen LogP contribution in [0.1, 0.15) is 59.8 Å². The second-order valence-corrected chi connectivity index (χ2v) is 9.97. The first-order valence-electron chi connectivity index (χ1n) is 8.95. The zero-order valence-corrected chi connectivity index (χ0v) is 19.1. The van der Waals surface area contributed by atoms with Crippen molar-refractivity contribution in [1.82, 2.24) is 10.2 Å². The predicted octanol–water partition coefficient (Wildman–Crippen LogP) is 3.30. The van der Waals surface area contributed by atoms with Crippen molar-refractivity contribution < 1.29 is 8.42 Å². The molecule has 7 heteroatoms. The van der Waals surface area contributed by atoms with Gasteiger partial charge in [-0.1, -0.05) is 33.1 Å². The Morgan fingerprint density at radius 2 is 1.92 bits per heavy atom. The van der Waals surface area contributed by atoms with E-state index in [1.807, 2.05) is 13.8 Å². The van der Waals surface area contributed by atoms with Crippen molar-refractivity contribution in [2.45, 2.75) is 64.5 Å². The normalized spacial score (nSPS) is 21.0. The maximum atomic E-state index is 12.1. The highest BCUT2D eigenvalue weighted by Gasteiger charge is 2.40. The summed E-state index contributed by atoms with van der Waals surface area (Å²) in [5.41, 5.74) is 0. The van der Waals surface area contributed by atoms with Gasteiger partial charge in [0.05, 0.1) is 10.5 Å². The smallest absolute Gasteiger partial charge is 0.193 e. The molecule has 5 nitrogen and oxygen atoms in total. The van der Waals surface area contributed by atoms with Gasteiger partial charge >= 0.3 is 0 Å². The molecular formula is C17H36IN3O2S. The van der Waals surface area contributed by atoms with Crippen molar-refractivity contribution in [3.05, 3.63) is 0 Å². The van der Waals surface area contributed by atoms with E-state index in [1.165, 1.54) is 32.1 Å². The topological polar surface area (TPSA) is 61.8 Å². The van der Waals surface area contributed by atoms with Gasteiger partial charge in [0.25, 0.3) is 0 Å². The van der Waals surface area contributed by atoms with Crippen LogP contribution in [0.3, 0.4) is 0 Å². The number of hydrogen-bond acceptors (Lipinski definition) is 3. The Balaban J connectivity index is 0.00000529. The van der Waals surface area contributed by atoms with Crippen molar-refractivity contribution in [3.8, 4) is 0 Å². The molecule has 1 aliphatic rings. The van der Waals surface area contributed by atoms with Crippen LogP contribution in [-0.4, -0.2) is 56.5 Å². The van der Waals surface area contributed by atoms with Gasteiger partial charge in [-0.3, -0.25) is 4.99 Å². The molecule has 1 rings (SSSR count). The summed E-state index contributed by atoms with van der Waals surface area (Å²) < 4.78 is 23.6. The van der Waals surface area contributed by atoms with Gasteiger partial charge in [-0.25, -0.2) is 8.42 Å². The number of hydrogen-bond donors (Lipinski definition) is 1. The molecule has 0 aliphatic carbocycles. The van der Waals surface area contributed by atoms with Crippen molar-refractivity contribution in [1.29, 1.82) is 0 Å². The number of guanidine groups is 1. The first-order chi connectivity index (χ1) is 10.8. The Hall–Kier alpha value is -0.0500. The minimum absolute atomic E-state index is 0. The molecule has 0 spiro atoms. The number of unbranched alkanes of at least 4 members (excludes halogenated alkanes) is 1. The van der Waals surface area contributed by atoms with E-state index < -0.39 is 14.6 Å². The molecule has 0 saturated carbocycles. The van der Waals surface area contributed by atoms with Gasteiger partial charge in [0.1, 0.15) is 0 Å².